The molecule has 0 unspecified atom stereocenters. The molecule has 2 fully saturated rings. The number of aromatic nitrogens is 2. The first-order chi connectivity index (χ1) is 14.3. The lowest BCUT2D eigenvalue weighted by molar-refractivity contribution is 0.283. The molecule has 154 valence electrons. The molecule has 1 aromatic carbocycles. The van der Waals surface area contributed by atoms with Crippen LogP contribution in [-0.2, 0) is 0 Å². The van der Waals surface area contributed by atoms with Crippen molar-refractivity contribution in [1.29, 1.82) is 0 Å². The summed E-state index contributed by atoms with van der Waals surface area (Å²) < 4.78 is 0. The summed E-state index contributed by atoms with van der Waals surface area (Å²) in [4.78, 5) is 16.9. The molecule has 0 radical (unpaired) electrons. The molecule has 2 aromatic rings. The lowest BCUT2D eigenvalue weighted by atomic mass is 10.2. The second-order valence-corrected chi connectivity index (χ2v) is 8.13. The van der Waals surface area contributed by atoms with Crippen LogP contribution >= 0.6 is 0 Å². The summed E-state index contributed by atoms with van der Waals surface area (Å²) in [6, 6.07) is 12.7. The summed E-state index contributed by atoms with van der Waals surface area (Å²) in [5.41, 5.74) is 1.27. The zero-order valence-electron chi connectivity index (χ0n) is 17.6. The molecule has 2 aliphatic rings. The minimum absolute atomic E-state index is 0.884. The molecule has 29 heavy (non-hydrogen) atoms. The van der Waals surface area contributed by atoms with Gasteiger partial charge in [0.25, 0.3) is 0 Å². The molecule has 1 aromatic heterocycles. The average molecular weight is 392 g/mol. The third kappa shape index (κ3) is 5.57. The van der Waals surface area contributed by atoms with Crippen molar-refractivity contribution in [3.63, 3.8) is 0 Å². The third-order valence-corrected chi connectivity index (χ3v) is 5.91. The van der Waals surface area contributed by atoms with E-state index < -0.39 is 0 Å². The molecule has 2 saturated heterocycles. The largest absolute Gasteiger partial charge is 0.356 e. The SMILES string of the molecule is Cc1nc(N2CCCCCC2)cc(N2CCN(C/C=C/c3ccccc3)CC2)n1. The molecule has 0 amide bonds. The van der Waals surface area contributed by atoms with Gasteiger partial charge in [0.15, 0.2) is 0 Å². The van der Waals surface area contributed by atoms with Crippen LogP contribution in [0, 0.1) is 6.92 Å². The maximum atomic E-state index is 4.76. The summed E-state index contributed by atoms with van der Waals surface area (Å²) in [5, 5.41) is 0. The number of hydrogen-bond donors (Lipinski definition) is 0. The van der Waals surface area contributed by atoms with Gasteiger partial charge in [-0.2, -0.15) is 0 Å². The predicted molar refractivity (Wildman–Crippen MR) is 122 cm³/mol. The van der Waals surface area contributed by atoms with Crippen LogP contribution in [0.15, 0.2) is 42.5 Å². The van der Waals surface area contributed by atoms with Crippen LogP contribution in [0.4, 0.5) is 11.6 Å². The van der Waals surface area contributed by atoms with E-state index in [0.717, 1.165) is 63.3 Å². The Labute approximate surface area is 175 Å². The summed E-state index contributed by atoms with van der Waals surface area (Å²) in [6.07, 6.45) is 9.72. The van der Waals surface area contributed by atoms with Gasteiger partial charge in [0.1, 0.15) is 17.5 Å². The van der Waals surface area contributed by atoms with Gasteiger partial charge in [-0.25, -0.2) is 9.97 Å². The normalized spacial score (nSPS) is 18.9. The minimum atomic E-state index is 0.884. The van der Waals surface area contributed by atoms with Crippen LogP contribution in [0.5, 0.6) is 0 Å². The van der Waals surface area contributed by atoms with Gasteiger partial charge in [0, 0.05) is 51.9 Å². The van der Waals surface area contributed by atoms with Gasteiger partial charge in [-0.15, -0.1) is 0 Å². The van der Waals surface area contributed by atoms with Gasteiger partial charge in [-0.3, -0.25) is 4.90 Å². The maximum absolute atomic E-state index is 4.76. The molecule has 0 N–H and O–H groups in total. The summed E-state index contributed by atoms with van der Waals surface area (Å²) in [7, 11) is 0. The quantitative estimate of drug-likeness (QED) is 0.770. The van der Waals surface area contributed by atoms with Crippen molar-refractivity contribution in [2.75, 3.05) is 55.6 Å². The Hall–Kier alpha value is -2.40. The van der Waals surface area contributed by atoms with Crippen molar-refractivity contribution >= 4 is 17.7 Å². The number of hydrogen-bond acceptors (Lipinski definition) is 5. The van der Waals surface area contributed by atoms with Gasteiger partial charge in [0.05, 0.1) is 0 Å². The van der Waals surface area contributed by atoms with Gasteiger partial charge < -0.3 is 9.80 Å². The minimum Gasteiger partial charge on any atom is -0.356 e. The van der Waals surface area contributed by atoms with Crippen LogP contribution < -0.4 is 9.80 Å². The summed E-state index contributed by atoms with van der Waals surface area (Å²) in [5.74, 6) is 3.09. The highest BCUT2D eigenvalue weighted by Crippen LogP contribution is 2.23. The first-order valence-electron chi connectivity index (χ1n) is 11.1. The second kappa shape index (κ2) is 9.88. The first-order valence-corrected chi connectivity index (χ1v) is 11.1. The van der Waals surface area contributed by atoms with Crippen LogP contribution in [0.25, 0.3) is 6.08 Å². The van der Waals surface area contributed by atoms with Gasteiger partial charge >= 0.3 is 0 Å². The van der Waals surface area contributed by atoms with Crippen molar-refractivity contribution < 1.29 is 0 Å². The highest BCUT2D eigenvalue weighted by atomic mass is 15.3. The van der Waals surface area contributed by atoms with E-state index >= 15 is 0 Å². The molecule has 5 heteroatoms. The number of rotatable bonds is 5. The van der Waals surface area contributed by atoms with Crippen LogP contribution in [0.3, 0.4) is 0 Å². The lowest BCUT2D eigenvalue weighted by Gasteiger charge is -2.35. The van der Waals surface area contributed by atoms with E-state index in [-0.39, 0.29) is 0 Å². The molecular weight excluding hydrogens is 358 g/mol. The Kier molecular flexibility index (Phi) is 6.78. The highest BCUT2D eigenvalue weighted by molar-refractivity contribution is 5.52. The molecule has 3 heterocycles. The summed E-state index contributed by atoms with van der Waals surface area (Å²) >= 11 is 0. The topological polar surface area (TPSA) is 35.5 Å². The van der Waals surface area contributed by atoms with E-state index in [0.29, 0.717) is 0 Å². The molecule has 0 aliphatic carbocycles. The smallest absolute Gasteiger partial charge is 0.134 e. The van der Waals surface area contributed by atoms with Crippen molar-refractivity contribution in [2.45, 2.75) is 32.6 Å². The fourth-order valence-electron chi connectivity index (χ4n) is 4.22. The van der Waals surface area contributed by atoms with E-state index in [1.165, 1.54) is 31.2 Å². The van der Waals surface area contributed by atoms with Crippen LogP contribution in [0.1, 0.15) is 37.1 Å². The van der Waals surface area contributed by atoms with Crippen molar-refractivity contribution in [3.8, 4) is 0 Å². The lowest BCUT2D eigenvalue weighted by Crippen LogP contribution is -2.46. The standard InChI is InChI=1S/C24H33N5/c1-21-25-23(28-14-7-2-3-8-15-28)20-24(26-21)29-18-16-27(17-19-29)13-9-12-22-10-5-4-6-11-22/h4-6,9-12,20H,2-3,7-8,13-19H2,1H3/b12-9+. The Morgan fingerprint density at radius 2 is 1.41 bits per heavy atom. The number of benzene rings is 1. The van der Waals surface area contributed by atoms with E-state index in [1.54, 1.807) is 0 Å². The zero-order chi connectivity index (χ0) is 19.9. The molecule has 2 aliphatic heterocycles. The fraction of sp³-hybridized carbons (Fsp3) is 0.500. The predicted octanol–water partition coefficient (Wildman–Crippen LogP) is 4.00. The number of anilines is 2. The number of nitrogens with zero attached hydrogens (tertiary/aromatic N) is 5. The molecule has 0 spiro atoms. The Bertz CT molecular complexity index is 788. The zero-order valence-corrected chi connectivity index (χ0v) is 17.6. The van der Waals surface area contributed by atoms with Crippen molar-refractivity contribution in [2.24, 2.45) is 0 Å². The van der Waals surface area contributed by atoms with Crippen LogP contribution in [0.2, 0.25) is 0 Å². The van der Waals surface area contributed by atoms with E-state index in [2.05, 4.69) is 63.2 Å². The summed E-state index contributed by atoms with van der Waals surface area (Å²) in [6.45, 7) is 9.46. The first kappa shape index (κ1) is 19.9. The van der Waals surface area contributed by atoms with Crippen LogP contribution in [-0.4, -0.2) is 60.7 Å². The molecule has 0 atom stereocenters. The Morgan fingerprint density at radius 1 is 0.793 bits per heavy atom. The maximum Gasteiger partial charge on any atom is 0.134 e. The van der Waals surface area contributed by atoms with Gasteiger partial charge in [0.2, 0.25) is 0 Å². The fourth-order valence-corrected chi connectivity index (χ4v) is 4.22. The number of piperazine rings is 1. The average Bonchev–Trinajstić information content (AvgIpc) is 3.04. The van der Waals surface area contributed by atoms with Crippen molar-refractivity contribution in [3.05, 3.63) is 53.9 Å². The molecule has 0 saturated carbocycles. The monoisotopic (exact) mass is 391 g/mol. The molecule has 0 bridgehead atoms. The Morgan fingerprint density at radius 3 is 2.07 bits per heavy atom. The molecule has 4 rings (SSSR count). The second-order valence-electron chi connectivity index (χ2n) is 8.13. The van der Waals surface area contributed by atoms with Gasteiger partial charge in [-0.05, 0) is 25.3 Å². The Balaban J connectivity index is 1.34. The van der Waals surface area contributed by atoms with E-state index in [1.807, 2.05) is 6.92 Å². The highest BCUT2D eigenvalue weighted by Gasteiger charge is 2.20. The molecular formula is C24H33N5. The van der Waals surface area contributed by atoms with Crippen molar-refractivity contribution in [1.82, 2.24) is 14.9 Å². The van der Waals surface area contributed by atoms with Gasteiger partial charge in [-0.1, -0.05) is 55.3 Å². The molecule has 5 nitrogen and oxygen atoms in total. The third-order valence-electron chi connectivity index (χ3n) is 5.91. The number of aryl methyl sites for hydroxylation is 1. The van der Waals surface area contributed by atoms with E-state index in [9.17, 15) is 0 Å². The van der Waals surface area contributed by atoms with E-state index in [4.69, 9.17) is 9.97 Å².